The maximum absolute atomic E-state index is 13.8. The highest BCUT2D eigenvalue weighted by Crippen LogP contribution is 2.25. The molecule has 0 aliphatic carbocycles. The molecular weight excluding hydrogens is 203 g/mol. The van der Waals surface area contributed by atoms with E-state index in [1.165, 1.54) is 6.07 Å². The Morgan fingerprint density at radius 3 is 2.75 bits per heavy atom. The van der Waals surface area contributed by atoms with Gasteiger partial charge in [-0.1, -0.05) is 5.92 Å². The second-order valence-electron chi connectivity index (χ2n) is 3.92. The fourth-order valence-corrected chi connectivity index (χ4v) is 1.98. The van der Waals surface area contributed by atoms with E-state index in [0.29, 0.717) is 12.2 Å². The van der Waals surface area contributed by atoms with Crippen molar-refractivity contribution < 1.29 is 4.39 Å². The minimum Gasteiger partial charge on any atom is -0.374 e. The Labute approximate surface area is 95.5 Å². The van der Waals surface area contributed by atoms with Crippen LogP contribution < -0.4 is 10.2 Å². The minimum absolute atomic E-state index is 0.177. The van der Waals surface area contributed by atoms with E-state index >= 15 is 0 Å². The fourth-order valence-electron chi connectivity index (χ4n) is 1.98. The molecule has 0 bridgehead atoms. The molecule has 1 aromatic rings. The molecule has 3 heteroatoms. The Hall–Kier alpha value is -1.69. The van der Waals surface area contributed by atoms with Crippen LogP contribution in [0.2, 0.25) is 0 Å². The Bertz CT molecular complexity index is 403. The Balaban J connectivity index is 2.13. The van der Waals surface area contributed by atoms with E-state index in [-0.39, 0.29) is 5.82 Å². The van der Waals surface area contributed by atoms with Crippen molar-refractivity contribution in [3.63, 3.8) is 0 Å². The van der Waals surface area contributed by atoms with Crippen LogP contribution in [-0.4, -0.2) is 19.6 Å². The maximum atomic E-state index is 13.8. The van der Waals surface area contributed by atoms with Gasteiger partial charge in [-0.3, -0.25) is 0 Å². The molecule has 0 spiro atoms. The second-order valence-corrected chi connectivity index (χ2v) is 3.92. The molecule has 0 aromatic heterocycles. The zero-order chi connectivity index (χ0) is 11.4. The summed E-state index contributed by atoms with van der Waals surface area (Å²) in [6.07, 6.45) is 7.43. The predicted molar refractivity (Wildman–Crippen MR) is 65.2 cm³/mol. The van der Waals surface area contributed by atoms with Gasteiger partial charge in [-0.2, -0.15) is 0 Å². The topological polar surface area (TPSA) is 15.3 Å². The average Bonchev–Trinajstić information content (AvgIpc) is 2.80. The van der Waals surface area contributed by atoms with Crippen LogP contribution in [-0.2, 0) is 0 Å². The van der Waals surface area contributed by atoms with Crippen molar-refractivity contribution in [1.29, 1.82) is 0 Å². The molecule has 0 atom stereocenters. The number of rotatable bonds is 3. The molecule has 2 nitrogen and oxygen atoms in total. The van der Waals surface area contributed by atoms with Gasteiger partial charge in [0.2, 0.25) is 0 Å². The first-order chi connectivity index (χ1) is 7.81. The van der Waals surface area contributed by atoms with Crippen molar-refractivity contribution >= 4 is 11.4 Å². The summed E-state index contributed by atoms with van der Waals surface area (Å²) in [5.41, 5.74) is 1.43. The van der Waals surface area contributed by atoms with Crippen LogP contribution in [0.25, 0.3) is 0 Å². The summed E-state index contributed by atoms with van der Waals surface area (Å²) < 4.78 is 13.8. The first-order valence-corrected chi connectivity index (χ1v) is 5.53. The van der Waals surface area contributed by atoms with E-state index in [4.69, 9.17) is 6.42 Å². The number of halogens is 1. The lowest BCUT2D eigenvalue weighted by molar-refractivity contribution is 0.623. The Kier molecular flexibility index (Phi) is 3.31. The molecule has 1 heterocycles. The highest BCUT2D eigenvalue weighted by atomic mass is 19.1. The second kappa shape index (κ2) is 4.89. The summed E-state index contributed by atoms with van der Waals surface area (Å²) in [6, 6.07) is 5.19. The van der Waals surface area contributed by atoms with Gasteiger partial charge in [0.05, 0.1) is 12.2 Å². The third-order valence-electron chi connectivity index (χ3n) is 2.79. The smallest absolute Gasteiger partial charge is 0.148 e. The molecule has 2 rings (SSSR count). The number of terminal acetylenes is 1. The van der Waals surface area contributed by atoms with Gasteiger partial charge < -0.3 is 10.2 Å². The number of benzene rings is 1. The maximum Gasteiger partial charge on any atom is 0.148 e. The average molecular weight is 218 g/mol. The largest absolute Gasteiger partial charge is 0.374 e. The van der Waals surface area contributed by atoms with Gasteiger partial charge in [0.15, 0.2) is 0 Å². The molecule has 1 N–H and O–H groups in total. The third-order valence-corrected chi connectivity index (χ3v) is 2.79. The van der Waals surface area contributed by atoms with Gasteiger partial charge in [-0.05, 0) is 31.0 Å². The summed E-state index contributed by atoms with van der Waals surface area (Å²) in [7, 11) is 0. The van der Waals surface area contributed by atoms with Crippen molar-refractivity contribution in [1.82, 2.24) is 0 Å². The van der Waals surface area contributed by atoms with Crippen LogP contribution in [0.5, 0.6) is 0 Å². The number of hydrogen-bond donors (Lipinski definition) is 1. The van der Waals surface area contributed by atoms with E-state index < -0.39 is 0 Å². The first-order valence-electron chi connectivity index (χ1n) is 5.53. The predicted octanol–water partition coefficient (Wildman–Crippen LogP) is 2.47. The van der Waals surface area contributed by atoms with Gasteiger partial charge in [-0.25, -0.2) is 4.39 Å². The van der Waals surface area contributed by atoms with Gasteiger partial charge in [0.25, 0.3) is 0 Å². The lowest BCUT2D eigenvalue weighted by atomic mass is 10.2. The van der Waals surface area contributed by atoms with Crippen molar-refractivity contribution in [3.8, 4) is 12.3 Å². The SMILES string of the molecule is C#CCNc1ccc(N2CCCC2)c(F)c1. The molecule has 0 saturated carbocycles. The number of anilines is 2. The van der Waals surface area contributed by atoms with Crippen molar-refractivity contribution in [2.75, 3.05) is 29.9 Å². The van der Waals surface area contributed by atoms with E-state index in [2.05, 4.69) is 16.1 Å². The van der Waals surface area contributed by atoms with Crippen LogP contribution in [0.1, 0.15) is 12.8 Å². The molecule has 84 valence electrons. The molecule has 1 aliphatic rings. The van der Waals surface area contributed by atoms with Crippen LogP contribution in [0.3, 0.4) is 0 Å². The van der Waals surface area contributed by atoms with Gasteiger partial charge >= 0.3 is 0 Å². The van der Waals surface area contributed by atoms with E-state index in [0.717, 1.165) is 31.6 Å². The fraction of sp³-hybridized carbons (Fsp3) is 0.385. The number of hydrogen-bond acceptors (Lipinski definition) is 2. The zero-order valence-electron chi connectivity index (χ0n) is 9.17. The summed E-state index contributed by atoms with van der Waals surface area (Å²) in [4.78, 5) is 2.08. The molecule has 1 aliphatic heterocycles. The summed E-state index contributed by atoms with van der Waals surface area (Å²) in [6.45, 7) is 2.32. The highest BCUT2D eigenvalue weighted by molar-refractivity contribution is 5.57. The van der Waals surface area contributed by atoms with Gasteiger partial charge in [0.1, 0.15) is 5.82 Å². The number of nitrogens with one attached hydrogen (secondary N) is 1. The van der Waals surface area contributed by atoms with Crippen LogP contribution in [0, 0.1) is 18.2 Å². The Morgan fingerprint density at radius 2 is 2.12 bits per heavy atom. The van der Waals surface area contributed by atoms with Crippen LogP contribution >= 0.6 is 0 Å². The minimum atomic E-state index is -0.177. The molecule has 0 radical (unpaired) electrons. The molecular formula is C13H15FN2. The van der Waals surface area contributed by atoms with Crippen LogP contribution in [0.15, 0.2) is 18.2 Å². The lowest BCUT2D eigenvalue weighted by Crippen LogP contribution is -2.19. The molecule has 0 unspecified atom stereocenters. The lowest BCUT2D eigenvalue weighted by Gasteiger charge is -2.18. The van der Waals surface area contributed by atoms with Gasteiger partial charge in [0, 0.05) is 18.8 Å². The normalized spacial score (nSPS) is 14.9. The highest BCUT2D eigenvalue weighted by Gasteiger charge is 2.15. The van der Waals surface area contributed by atoms with Crippen molar-refractivity contribution in [3.05, 3.63) is 24.0 Å². The molecule has 1 aromatic carbocycles. The summed E-state index contributed by atoms with van der Waals surface area (Å²) in [5.74, 6) is 2.28. The molecule has 1 saturated heterocycles. The molecule has 0 amide bonds. The number of nitrogens with zero attached hydrogens (tertiary/aromatic N) is 1. The summed E-state index contributed by atoms with van der Waals surface area (Å²) >= 11 is 0. The van der Waals surface area contributed by atoms with E-state index in [9.17, 15) is 4.39 Å². The van der Waals surface area contributed by atoms with Crippen molar-refractivity contribution in [2.24, 2.45) is 0 Å². The van der Waals surface area contributed by atoms with E-state index in [1.807, 2.05) is 12.1 Å². The van der Waals surface area contributed by atoms with E-state index in [1.54, 1.807) is 0 Å². The standard InChI is InChI=1S/C13H15FN2/c1-2-7-15-11-5-6-13(12(14)10-11)16-8-3-4-9-16/h1,5-6,10,15H,3-4,7-9H2. The van der Waals surface area contributed by atoms with Crippen LogP contribution in [0.4, 0.5) is 15.8 Å². The molecule has 1 fully saturated rings. The third kappa shape index (κ3) is 2.27. The monoisotopic (exact) mass is 218 g/mol. The van der Waals surface area contributed by atoms with Gasteiger partial charge in [-0.15, -0.1) is 6.42 Å². The zero-order valence-corrected chi connectivity index (χ0v) is 9.17. The molecule has 16 heavy (non-hydrogen) atoms. The summed E-state index contributed by atoms with van der Waals surface area (Å²) in [5, 5.41) is 2.96. The van der Waals surface area contributed by atoms with Crippen molar-refractivity contribution in [2.45, 2.75) is 12.8 Å². The first kappa shape index (κ1) is 10.8. The Morgan fingerprint density at radius 1 is 1.38 bits per heavy atom. The quantitative estimate of drug-likeness (QED) is 0.784.